The van der Waals surface area contributed by atoms with Crippen LogP contribution in [-0.4, -0.2) is 54.6 Å². The maximum absolute atomic E-state index is 12.3. The van der Waals surface area contributed by atoms with E-state index in [1.165, 1.54) is 4.90 Å². The van der Waals surface area contributed by atoms with Crippen molar-refractivity contribution in [3.05, 3.63) is 30.1 Å². The fourth-order valence-corrected chi connectivity index (χ4v) is 3.23. The Bertz CT molecular complexity index is 740. The van der Waals surface area contributed by atoms with E-state index >= 15 is 0 Å². The van der Waals surface area contributed by atoms with E-state index in [0.29, 0.717) is 19.6 Å². The third-order valence-corrected chi connectivity index (χ3v) is 4.62. The van der Waals surface area contributed by atoms with Crippen LogP contribution in [0, 0.1) is 0 Å². The summed E-state index contributed by atoms with van der Waals surface area (Å²) < 4.78 is 40.6. The number of halogens is 3. The van der Waals surface area contributed by atoms with Crippen molar-refractivity contribution in [1.82, 2.24) is 29.4 Å². The van der Waals surface area contributed by atoms with Gasteiger partial charge in [-0.1, -0.05) is 0 Å². The number of aromatic nitrogens is 5. The van der Waals surface area contributed by atoms with Gasteiger partial charge in [-0.15, -0.1) is 10.2 Å². The van der Waals surface area contributed by atoms with Crippen molar-refractivity contribution in [2.24, 2.45) is 7.05 Å². The van der Waals surface area contributed by atoms with Crippen LogP contribution in [0.3, 0.4) is 0 Å². The minimum atomic E-state index is -4.31. The molecule has 1 amide bonds. The summed E-state index contributed by atoms with van der Waals surface area (Å²) in [5, 5.41) is 12.6. The Balaban J connectivity index is 1.64. The summed E-state index contributed by atoms with van der Waals surface area (Å²) in [4.78, 5) is 13.6. The molecule has 1 unspecified atom stereocenters. The predicted octanol–water partition coefficient (Wildman–Crippen LogP) is 2.11. The first-order chi connectivity index (χ1) is 12.3. The highest BCUT2D eigenvalue weighted by Crippen LogP contribution is 2.28. The van der Waals surface area contributed by atoms with Crippen molar-refractivity contribution in [3.63, 3.8) is 0 Å². The Morgan fingerprint density at radius 3 is 2.85 bits per heavy atom. The normalized spacial score (nSPS) is 18.3. The molecule has 1 atom stereocenters. The molecule has 26 heavy (non-hydrogen) atoms. The molecular weight excluding hydrogens is 349 g/mol. The molecule has 0 spiro atoms. The lowest BCUT2D eigenvalue weighted by Crippen LogP contribution is -2.40. The molecule has 2 aromatic heterocycles. The molecule has 0 aromatic carbocycles. The van der Waals surface area contributed by atoms with E-state index in [1.54, 1.807) is 10.9 Å². The van der Waals surface area contributed by atoms with Crippen LogP contribution >= 0.6 is 0 Å². The second-order valence-electron chi connectivity index (χ2n) is 6.53. The lowest BCUT2D eigenvalue weighted by molar-refractivity contribution is -0.149. The standard InChI is InChI=1S/C16H21F3N6O/c1-23-13(11-25-9-3-7-20-25)21-22-15(23)12-4-2-8-24(10-12)14(26)5-6-16(17,18)19/h3,7,9,12H,2,4-6,8,10-11H2,1H3. The first kappa shape index (κ1) is 18.4. The van der Waals surface area contributed by atoms with E-state index < -0.39 is 24.9 Å². The lowest BCUT2D eigenvalue weighted by atomic mass is 9.96. The molecule has 1 saturated heterocycles. The van der Waals surface area contributed by atoms with Crippen LogP contribution in [0.5, 0.6) is 0 Å². The van der Waals surface area contributed by atoms with Crippen molar-refractivity contribution >= 4 is 5.91 Å². The Hall–Kier alpha value is -2.39. The highest BCUT2D eigenvalue weighted by molar-refractivity contribution is 5.76. The molecule has 10 heteroatoms. The molecular formula is C16H21F3N6O. The van der Waals surface area contributed by atoms with Crippen LogP contribution in [0.15, 0.2) is 18.5 Å². The molecule has 1 fully saturated rings. The minimum absolute atomic E-state index is 0.0255. The first-order valence-corrected chi connectivity index (χ1v) is 8.53. The number of carbonyl (C=O) groups is 1. The maximum Gasteiger partial charge on any atom is 0.389 e. The lowest BCUT2D eigenvalue weighted by Gasteiger charge is -2.32. The molecule has 0 saturated carbocycles. The fourth-order valence-electron chi connectivity index (χ4n) is 3.23. The van der Waals surface area contributed by atoms with E-state index in [-0.39, 0.29) is 5.92 Å². The molecule has 3 heterocycles. The summed E-state index contributed by atoms with van der Waals surface area (Å²) in [6, 6.07) is 1.82. The van der Waals surface area contributed by atoms with Crippen LogP contribution in [0.4, 0.5) is 13.2 Å². The molecule has 7 nitrogen and oxygen atoms in total. The summed E-state index contributed by atoms with van der Waals surface area (Å²) in [5.41, 5.74) is 0. The van der Waals surface area contributed by atoms with Crippen molar-refractivity contribution in [2.75, 3.05) is 13.1 Å². The number of amides is 1. The van der Waals surface area contributed by atoms with E-state index in [2.05, 4.69) is 15.3 Å². The van der Waals surface area contributed by atoms with Gasteiger partial charge < -0.3 is 9.47 Å². The van der Waals surface area contributed by atoms with Crippen LogP contribution in [-0.2, 0) is 18.4 Å². The highest BCUT2D eigenvalue weighted by Gasteiger charge is 2.32. The van der Waals surface area contributed by atoms with Gasteiger partial charge in [0.05, 0.1) is 6.42 Å². The van der Waals surface area contributed by atoms with Crippen molar-refractivity contribution < 1.29 is 18.0 Å². The van der Waals surface area contributed by atoms with Gasteiger partial charge in [-0.05, 0) is 18.9 Å². The van der Waals surface area contributed by atoms with Gasteiger partial charge >= 0.3 is 6.18 Å². The Morgan fingerprint density at radius 2 is 2.15 bits per heavy atom. The van der Waals surface area contributed by atoms with Gasteiger partial charge in [-0.2, -0.15) is 18.3 Å². The van der Waals surface area contributed by atoms with E-state index in [9.17, 15) is 18.0 Å². The van der Waals surface area contributed by atoms with Gasteiger partial charge in [0.25, 0.3) is 0 Å². The van der Waals surface area contributed by atoms with Crippen LogP contribution < -0.4 is 0 Å². The van der Waals surface area contributed by atoms with Crippen LogP contribution in [0.1, 0.15) is 43.3 Å². The number of alkyl halides is 3. The highest BCUT2D eigenvalue weighted by atomic mass is 19.4. The SMILES string of the molecule is Cn1c(Cn2cccn2)nnc1C1CCCN(C(=O)CCC(F)(F)F)C1. The number of hydrogen-bond acceptors (Lipinski definition) is 4. The summed E-state index contributed by atoms with van der Waals surface area (Å²) >= 11 is 0. The number of rotatable bonds is 5. The van der Waals surface area contributed by atoms with Gasteiger partial charge in [0.15, 0.2) is 5.82 Å². The number of piperidine rings is 1. The van der Waals surface area contributed by atoms with Crippen molar-refractivity contribution in [1.29, 1.82) is 0 Å². The number of hydrogen-bond donors (Lipinski definition) is 0. The smallest absolute Gasteiger partial charge is 0.342 e. The zero-order valence-electron chi connectivity index (χ0n) is 14.5. The zero-order chi connectivity index (χ0) is 18.7. The number of nitrogens with zero attached hydrogens (tertiary/aromatic N) is 6. The number of likely N-dealkylation sites (tertiary alicyclic amines) is 1. The number of carbonyl (C=O) groups excluding carboxylic acids is 1. The molecule has 142 valence electrons. The average Bonchev–Trinajstić information content (AvgIpc) is 3.23. The van der Waals surface area contributed by atoms with Crippen molar-refractivity contribution in [3.8, 4) is 0 Å². The van der Waals surface area contributed by atoms with Gasteiger partial charge in [0.1, 0.15) is 12.4 Å². The topological polar surface area (TPSA) is 68.8 Å². The first-order valence-electron chi connectivity index (χ1n) is 8.53. The zero-order valence-corrected chi connectivity index (χ0v) is 14.5. The molecule has 0 N–H and O–H groups in total. The molecule has 2 aromatic rings. The van der Waals surface area contributed by atoms with Gasteiger partial charge in [0, 0.05) is 44.9 Å². The monoisotopic (exact) mass is 370 g/mol. The summed E-state index contributed by atoms with van der Waals surface area (Å²) in [5.74, 6) is 1.01. The molecule has 0 aliphatic carbocycles. The average molecular weight is 370 g/mol. The third-order valence-electron chi connectivity index (χ3n) is 4.62. The molecule has 3 rings (SSSR count). The summed E-state index contributed by atoms with van der Waals surface area (Å²) in [7, 11) is 1.86. The van der Waals surface area contributed by atoms with Gasteiger partial charge in [0.2, 0.25) is 5.91 Å². The fraction of sp³-hybridized carbons (Fsp3) is 0.625. The molecule has 0 radical (unpaired) electrons. The Morgan fingerprint density at radius 1 is 1.35 bits per heavy atom. The van der Waals surface area contributed by atoms with E-state index in [1.807, 2.05) is 23.9 Å². The molecule has 1 aliphatic rings. The predicted molar refractivity (Wildman–Crippen MR) is 86.2 cm³/mol. The van der Waals surface area contributed by atoms with Crippen LogP contribution in [0.25, 0.3) is 0 Å². The Kier molecular flexibility index (Phi) is 5.28. The molecule has 1 aliphatic heterocycles. The largest absolute Gasteiger partial charge is 0.389 e. The second-order valence-corrected chi connectivity index (χ2v) is 6.53. The van der Waals surface area contributed by atoms with Crippen molar-refractivity contribution in [2.45, 2.75) is 44.3 Å². The third kappa shape index (κ3) is 4.41. The van der Waals surface area contributed by atoms with E-state index in [0.717, 1.165) is 24.5 Å². The minimum Gasteiger partial charge on any atom is -0.342 e. The van der Waals surface area contributed by atoms with E-state index in [4.69, 9.17) is 0 Å². The second kappa shape index (κ2) is 7.46. The summed E-state index contributed by atoms with van der Waals surface area (Å²) in [6.07, 6.45) is -0.806. The van der Waals surface area contributed by atoms with Crippen LogP contribution in [0.2, 0.25) is 0 Å². The van der Waals surface area contributed by atoms with Gasteiger partial charge in [-0.3, -0.25) is 9.48 Å². The Labute approximate surface area is 148 Å². The maximum atomic E-state index is 12.3. The quantitative estimate of drug-likeness (QED) is 0.808. The molecule has 0 bridgehead atoms. The summed E-state index contributed by atoms with van der Waals surface area (Å²) in [6.45, 7) is 1.35. The van der Waals surface area contributed by atoms with Gasteiger partial charge in [-0.25, -0.2) is 0 Å².